The Bertz CT molecular complexity index is 264. The molecule has 0 radical (unpaired) electrons. The van der Waals surface area contributed by atoms with Crippen LogP contribution in [0.1, 0.15) is 90.4 Å². The molecule has 0 bridgehead atoms. The molecule has 0 spiro atoms. The van der Waals surface area contributed by atoms with E-state index in [4.69, 9.17) is 10.5 Å². The maximum Gasteiger partial charge on any atom is 0.306 e. The summed E-state index contributed by atoms with van der Waals surface area (Å²) in [6.07, 6.45) is 15.2. The summed E-state index contributed by atoms with van der Waals surface area (Å²) < 4.78 is 5.71. The molecule has 0 aromatic rings. The van der Waals surface area contributed by atoms with Gasteiger partial charge in [-0.15, -0.1) is 0 Å². The first kappa shape index (κ1) is 18.5. The zero-order valence-corrected chi connectivity index (χ0v) is 13.9. The number of esters is 1. The first-order valence-electron chi connectivity index (χ1n) is 9.17. The highest BCUT2D eigenvalue weighted by molar-refractivity contribution is 5.69. The third-order valence-corrected chi connectivity index (χ3v) is 4.36. The van der Waals surface area contributed by atoms with Crippen LogP contribution in [0, 0.1) is 5.92 Å². The summed E-state index contributed by atoms with van der Waals surface area (Å²) in [6, 6.07) is 0. The van der Waals surface area contributed by atoms with Gasteiger partial charge in [-0.1, -0.05) is 45.4 Å². The Kier molecular flexibility index (Phi) is 10.6. The zero-order chi connectivity index (χ0) is 15.3. The van der Waals surface area contributed by atoms with Crippen LogP contribution >= 0.6 is 0 Å². The molecule has 1 rings (SSSR count). The van der Waals surface area contributed by atoms with Crippen LogP contribution in [0.25, 0.3) is 0 Å². The van der Waals surface area contributed by atoms with Crippen LogP contribution in [0.2, 0.25) is 0 Å². The van der Waals surface area contributed by atoms with Gasteiger partial charge in [0.15, 0.2) is 0 Å². The van der Waals surface area contributed by atoms with E-state index < -0.39 is 0 Å². The number of carbonyl (C=O) groups excluding carboxylic acids is 1. The highest BCUT2D eigenvalue weighted by Gasteiger charge is 2.33. The van der Waals surface area contributed by atoms with Crippen molar-refractivity contribution in [3.63, 3.8) is 0 Å². The lowest BCUT2D eigenvalue weighted by Crippen LogP contribution is -2.20. The fourth-order valence-corrected chi connectivity index (χ4v) is 2.80. The molecule has 0 aromatic carbocycles. The van der Waals surface area contributed by atoms with Crippen LogP contribution in [0.5, 0.6) is 0 Å². The van der Waals surface area contributed by atoms with Crippen molar-refractivity contribution < 1.29 is 9.53 Å². The summed E-state index contributed by atoms with van der Waals surface area (Å²) in [5.74, 6) is 0.670. The van der Waals surface area contributed by atoms with Gasteiger partial charge in [0, 0.05) is 6.42 Å². The molecule has 0 saturated heterocycles. The maximum absolute atomic E-state index is 11.9. The molecule has 0 amide bonds. The van der Waals surface area contributed by atoms with Gasteiger partial charge in [-0.25, -0.2) is 0 Å². The quantitative estimate of drug-likeness (QED) is 0.377. The lowest BCUT2D eigenvalue weighted by molar-refractivity contribution is -0.150. The highest BCUT2D eigenvalue weighted by atomic mass is 16.5. The predicted octanol–water partition coefficient (Wildman–Crippen LogP) is 4.58. The Morgan fingerprint density at radius 3 is 2.38 bits per heavy atom. The Morgan fingerprint density at radius 2 is 1.71 bits per heavy atom. The fourth-order valence-electron chi connectivity index (χ4n) is 2.80. The average Bonchev–Trinajstić information content (AvgIpc) is 3.30. The van der Waals surface area contributed by atoms with E-state index in [1.165, 1.54) is 51.4 Å². The van der Waals surface area contributed by atoms with Crippen LogP contribution in [0.4, 0.5) is 0 Å². The lowest BCUT2D eigenvalue weighted by atomic mass is 10.0. The average molecular weight is 297 g/mol. The molecule has 124 valence electrons. The molecule has 1 aliphatic rings. The van der Waals surface area contributed by atoms with E-state index in [1.54, 1.807) is 0 Å². The third kappa shape index (κ3) is 9.89. The van der Waals surface area contributed by atoms with Crippen LogP contribution in [-0.4, -0.2) is 18.6 Å². The second kappa shape index (κ2) is 12.0. The summed E-state index contributed by atoms with van der Waals surface area (Å²) in [5.41, 5.74) is 5.46. The van der Waals surface area contributed by atoms with E-state index in [1.807, 2.05) is 0 Å². The van der Waals surface area contributed by atoms with Gasteiger partial charge in [0.2, 0.25) is 0 Å². The molecule has 3 nitrogen and oxygen atoms in total. The first-order chi connectivity index (χ1) is 10.3. The van der Waals surface area contributed by atoms with E-state index in [-0.39, 0.29) is 12.1 Å². The molecule has 2 N–H and O–H groups in total. The smallest absolute Gasteiger partial charge is 0.306 e. The largest absolute Gasteiger partial charge is 0.462 e. The van der Waals surface area contributed by atoms with Crippen molar-refractivity contribution in [1.29, 1.82) is 0 Å². The minimum Gasteiger partial charge on any atom is -0.462 e. The van der Waals surface area contributed by atoms with Gasteiger partial charge < -0.3 is 10.5 Å². The van der Waals surface area contributed by atoms with Crippen LogP contribution in [-0.2, 0) is 9.53 Å². The number of unbranched alkanes of at least 4 members (excludes halogenated alkanes) is 7. The van der Waals surface area contributed by atoms with Crippen molar-refractivity contribution in [3.8, 4) is 0 Å². The summed E-state index contributed by atoms with van der Waals surface area (Å²) in [5, 5.41) is 0. The standard InChI is InChI=1S/C18H35NO2/c1-2-3-4-5-6-8-11-17(16-13-14-16)21-18(20)12-9-7-10-15-19/h16-17H,2-15,19H2,1H3. The second-order valence-corrected chi connectivity index (χ2v) is 6.52. The Balaban J connectivity index is 2.07. The van der Waals surface area contributed by atoms with E-state index in [0.29, 0.717) is 12.3 Å². The van der Waals surface area contributed by atoms with E-state index in [0.717, 1.165) is 32.2 Å². The normalized spacial score (nSPS) is 15.9. The lowest BCUT2D eigenvalue weighted by Gasteiger charge is -2.17. The van der Waals surface area contributed by atoms with Crippen molar-refractivity contribution in [3.05, 3.63) is 0 Å². The molecule has 1 aliphatic carbocycles. The van der Waals surface area contributed by atoms with Crippen molar-refractivity contribution in [1.82, 2.24) is 0 Å². The number of hydrogen-bond donors (Lipinski definition) is 1. The number of hydrogen-bond acceptors (Lipinski definition) is 3. The molecule has 1 saturated carbocycles. The molecule has 3 heteroatoms. The van der Waals surface area contributed by atoms with Crippen molar-refractivity contribution in [2.75, 3.05) is 6.54 Å². The van der Waals surface area contributed by atoms with Gasteiger partial charge >= 0.3 is 5.97 Å². The van der Waals surface area contributed by atoms with E-state index >= 15 is 0 Å². The summed E-state index contributed by atoms with van der Waals surface area (Å²) >= 11 is 0. The van der Waals surface area contributed by atoms with Crippen LogP contribution in [0.3, 0.4) is 0 Å². The minimum absolute atomic E-state index is 0.00917. The Labute approximate surface area is 131 Å². The van der Waals surface area contributed by atoms with E-state index in [2.05, 4.69) is 6.92 Å². The Hall–Kier alpha value is -0.570. The van der Waals surface area contributed by atoms with Gasteiger partial charge in [0.1, 0.15) is 6.10 Å². The summed E-state index contributed by atoms with van der Waals surface area (Å²) in [7, 11) is 0. The molecule has 0 heterocycles. The van der Waals surface area contributed by atoms with Gasteiger partial charge in [0.25, 0.3) is 0 Å². The molecular formula is C18H35NO2. The SMILES string of the molecule is CCCCCCCCC(OC(=O)CCCCCN)C1CC1. The topological polar surface area (TPSA) is 52.3 Å². The highest BCUT2D eigenvalue weighted by Crippen LogP contribution is 2.37. The zero-order valence-electron chi connectivity index (χ0n) is 13.9. The molecule has 0 aromatic heterocycles. The number of rotatable bonds is 14. The second-order valence-electron chi connectivity index (χ2n) is 6.52. The summed E-state index contributed by atoms with van der Waals surface area (Å²) in [4.78, 5) is 11.9. The predicted molar refractivity (Wildman–Crippen MR) is 88.1 cm³/mol. The van der Waals surface area contributed by atoms with Gasteiger partial charge in [-0.05, 0) is 51.0 Å². The summed E-state index contributed by atoms with van der Waals surface area (Å²) in [6.45, 7) is 2.97. The molecule has 1 unspecified atom stereocenters. The fraction of sp³-hybridized carbons (Fsp3) is 0.944. The van der Waals surface area contributed by atoms with Gasteiger partial charge in [0.05, 0.1) is 0 Å². The van der Waals surface area contributed by atoms with Crippen LogP contribution in [0.15, 0.2) is 0 Å². The van der Waals surface area contributed by atoms with Gasteiger partial charge in [-0.3, -0.25) is 4.79 Å². The van der Waals surface area contributed by atoms with Crippen molar-refractivity contribution in [2.45, 2.75) is 96.5 Å². The van der Waals surface area contributed by atoms with Gasteiger partial charge in [-0.2, -0.15) is 0 Å². The minimum atomic E-state index is 0.00917. The molecular weight excluding hydrogens is 262 g/mol. The molecule has 1 atom stereocenters. The van der Waals surface area contributed by atoms with E-state index in [9.17, 15) is 4.79 Å². The monoisotopic (exact) mass is 297 g/mol. The number of ether oxygens (including phenoxy) is 1. The number of nitrogens with two attached hydrogens (primary N) is 1. The molecule has 1 fully saturated rings. The van der Waals surface area contributed by atoms with Crippen molar-refractivity contribution in [2.24, 2.45) is 11.7 Å². The Morgan fingerprint density at radius 1 is 1.05 bits per heavy atom. The molecule has 0 aliphatic heterocycles. The maximum atomic E-state index is 11.9. The number of carbonyl (C=O) groups is 1. The first-order valence-corrected chi connectivity index (χ1v) is 9.17. The van der Waals surface area contributed by atoms with Crippen molar-refractivity contribution >= 4 is 5.97 Å². The third-order valence-electron chi connectivity index (χ3n) is 4.36. The van der Waals surface area contributed by atoms with Crippen LogP contribution < -0.4 is 5.73 Å². The molecule has 21 heavy (non-hydrogen) atoms.